The summed E-state index contributed by atoms with van der Waals surface area (Å²) in [5.41, 5.74) is -2.35. The Morgan fingerprint density at radius 2 is 1.72 bits per heavy atom. The molecule has 0 bridgehead atoms. The Morgan fingerprint density at radius 1 is 1.11 bits per heavy atom. The Balaban J connectivity index is 4.62. The minimum atomic E-state index is -2.35. The SMILES string of the molecule is CCCCCC(=O)C(O)C(O)(CO)C(=O)CCC. The third-order valence-corrected chi connectivity index (χ3v) is 2.99. The number of unbranched alkanes of at least 4 members (excludes halogenated alkanes) is 2. The van der Waals surface area contributed by atoms with Gasteiger partial charge in [0.15, 0.2) is 23.3 Å². The van der Waals surface area contributed by atoms with E-state index in [-0.39, 0.29) is 12.8 Å². The van der Waals surface area contributed by atoms with Crippen LogP contribution in [0.1, 0.15) is 52.4 Å². The zero-order valence-corrected chi connectivity index (χ0v) is 11.2. The highest BCUT2D eigenvalue weighted by molar-refractivity contribution is 5.96. The van der Waals surface area contributed by atoms with Gasteiger partial charge in [-0.05, 0) is 12.8 Å². The average Bonchev–Trinajstić information content (AvgIpc) is 2.37. The van der Waals surface area contributed by atoms with Crippen LogP contribution in [0.4, 0.5) is 0 Å². The van der Waals surface area contributed by atoms with Crippen molar-refractivity contribution in [3.05, 3.63) is 0 Å². The topological polar surface area (TPSA) is 94.8 Å². The lowest BCUT2D eigenvalue weighted by molar-refractivity contribution is -0.165. The molecule has 0 aliphatic rings. The average molecular weight is 260 g/mol. The molecular weight excluding hydrogens is 236 g/mol. The second-order valence-electron chi connectivity index (χ2n) is 4.58. The van der Waals surface area contributed by atoms with Crippen LogP contribution in [-0.4, -0.2) is 45.2 Å². The highest BCUT2D eigenvalue weighted by Crippen LogP contribution is 2.18. The van der Waals surface area contributed by atoms with Gasteiger partial charge in [-0.15, -0.1) is 0 Å². The number of Topliss-reactive ketones (excluding diaryl/α,β-unsaturated/α-hetero) is 2. The summed E-state index contributed by atoms with van der Waals surface area (Å²) >= 11 is 0. The number of hydrogen-bond donors (Lipinski definition) is 3. The standard InChI is InChI=1S/C13H24O5/c1-3-5-6-8-10(15)12(17)13(18,9-14)11(16)7-4-2/h12,14,17-18H,3-9H2,1-2H3. The van der Waals surface area contributed by atoms with Gasteiger partial charge in [0, 0.05) is 12.8 Å². The maximum atomic E-state index is 11.7. The summed E-state index contributed by atoms with van der Waals surface area (Å²) in [6, 6.07) is 0. The summed E-state index contributed by atoms with van der Waals surface area (Å²) in [7, 11) is 0. The van der Waals surface area contributed by atoms with Crippen molar-refractivity contribution in [1.29, 1.82) is 0 Å². The predicted octanol–water partition coefficient (Wildman–Crippen LogP) is 0.589. The minimum absolute atomic E-state index is 0.0242. The van der Waals surface area contributed by atoms with E-state index in [0.717, 1.165) is 12.8 Å². The van der Waals surface area contributed by atoms with Crippen molar-refractivity contribution < 1.29 is 24.9 Å². The molecule has 106 valence electrons. The van der Waals surface area contributed by atoms with Crippen molar-refractivity contribution in [3.63, 3.8) is 0 Å². The predicted molar refractivity (Wildman–Crippen MR) is 67.1 cm³/mol. The summed E-state index contributed by atoms with van der Waals surface area (Å²) in [6.45, 7) is 2.79. The fraction of sp³-hybridized carbons (Fsp3) is 0.846. The van der Waals surface area contributed by atoms with Crippen LogP contribution in [0.15, 0.2) is 0 Å². The number of carbonyl (C=O) groups is 2. The maximum absolute atomic E-state index is 11.7. The first-order valence-electron chi connectivity index (χ1n) is 6.51. The molecule has 2 atom stereocenters. The normalized spacial score (nSPS) is 16.1. The minimum Gasteiger partial charge on any atom is -0.393 e. The molecule has 0 heterocycles. The van der Waals surface area contributed by atoms with Crippen molar-refractivity contribution in [1.82, 2.24) is 0 Å². The van der Waals surface area contributed by atoms with Crippen LogP contribution >= 0.6 is 0 Å². The van der Waals surface area contributed by atoms with E-state index in [2.05, 4.69) is 0 Å². The zero-order chi connectivity index (χ0) is 14.2. The molecule has 0 rings (SSSR count). The number of aliphatic hydroxyl groups excluding tert-OH is 2. The van der Waals surface area contributed by atoms with E-state index in [4.69, 9.17) is 5.11 Å². The lowest BCUT2D eigenvalue weighted by atomic mass is 9.86. The van der Waals surface area contributed by atoms with Crippen molar-refractivity contribution in [2.45, 2.75) is 64.1 Å². The molecule has 0 aliphatic heterocycles. The van der Waals surface area contributed by atoms with Gasteiger partial charge in [-0.2, -0.15) is 0 Å². The first-order valence-corrected chi connectivity index (χ1v) is 6.51. The summed E-state index contributed by atoms with van der Waals surface area (Å²) in [4.78, 5) is 23.3. The van der Waals surface area contributed by atoms with E-state index in [0.29, 0.717) is 12.8 Å². The molecule has 0 radical (unpaired) electrons. The molecular formula is C13H24O5. The van der Waals surface area contributed by atoms with Crippen molar-refractivity contribution in [2.75, 3.05) is 6.61 Å². The van der Waals surface area contributed by atoms with E-state index in [1.807, 2.05) is 6.92 Å². The van der Waals surface area contributed by atoms with Crippen LogP contribution in [-0.2, 0) is 9.59 Å². The molecule has 5 heteroatoms. The highest BCUT2D eigenvalue weighted by atomic mass is 16.4. The number of aliphatic hydroxyl groups is 3. The molecule has 0 aliphatic carbocycles. The van der Waals surface area contributed by atoms with Gasteiger partial charge in [0.25, 0.3) is 0 Å². The van der Waals surface area contributed by atoms with Gasteiger partial charge in [0.1, 0.15) is 0 Å². The molecule has 0 aromatic carbocycles. The van der Waals surface area contributed by atoms with Gasteiger partial charge in [0.05, 0.1) is 6.61 Å². The lowest BCUT2D eigenvalue weighted by Crippen LogP contribution is -2.55. The van der Waals surface area contributed by atoms with Crippen molar-refractivity contribution in [2.24, 2.45) is 0 Å². The highest BCUT2D eigenvalue weighted by Gasteiger charge is 2.45. The third-order valence-electron chi connectivity index (χ3n) is 2.99. The Hall–Kier alpha value is -0.780. The molecule has 0 aromatic rings. The molecule has 5 nitrogen and oxygen atoms in total. The van der Waals surface area contributed by atoms with E-state index in [9.17, 15) is 19.8 Å². The fourth-order valence-corrected chi connectivity index (χ4v) is 1.72. The summed E-state index contributed by atoms with van der Waals surface area (Å²) < 4.78 is 0. The molecule has 0 saturated carbocycles. The molecule has 0 fully saturated rings. The van der Waals surface area contributed by atoms with Crippen LogP contribution < -0.4 is 0 Å². The first kappa shape index (κ1) is 17.2. The van der Waals surface area contributed by atoms with Gasteiger partial charge in [-0.1, -0.05) is 26.7 Å². The molecule has 0 saturated heterocycles. The van der Waals surface area contributed by atoms with E-state index in [1.54, 1.807) is 6.92 Å². The summed E-state index contributed by atoms with van der Waals surface area (Å²) in [6.07, 6.45) is 1.17. The number of hydrogen-bond acceptors (Lipinski definition) is 5. The van der Waals surface area contributed by atoms with Crippen molar-refractivity contribution in [3.8, 4) is 0 Å². The maximum Gasteiger partial charge on any atom is 0.178 e. The molecule has 18 heavy (non-hydrogen) atoms. The monoisotopic (exact) mass is 260 g/mol. The smallest absolute Gasteiger partial charge is 0.178 e. The van der Waals surface area contributed by atoms with Gasteiger partial charge in [-0.3, -0.25) is 9.59 Å². The number of carbonyl (C=O) groups excluding carboxylic acids is 2. The molecule has 0 amide bonds. The van der Waals surface area contributed by atoms with Crippen LogP contribution in [0.5, 0.6) is 0 Å². The Morgan fingerprint density at radius 3 is 2.17 bits per heavy atom. The Bertz CT molecular complexity index is 277. The second kappa shape index (κ2) is 8.34. The third kappa shape index (κ3) is 4.48. The molecule has 2 unspecified atom stereocenters. The van der Waals surface area contributed by atoms with Crippen LogP contribution in [0.25, 0.3) is 0 Å². The van der Waals surface area contributed by atoms with E-state index >= 15 is 0 Å². The number of ketones is 2. The van der Waals surface area contributed by atoms with E-state index < -0.39 is 29.9 Å². The molecule has 0 spiro atoms. The Labute approximate surface area is 108 Å². The fourth-order valence-electron chi connectivity index (χ4n) is 1.72. The first-order chi connectivity index (χ1) is 8.43. The van der Waals surface area contributed by atoms with Gasteiger partial charge >= 0.3 is 0 Å². The number of rotatable bonds is 10. The quantitative estimate of drug-likeness (QED) is 0.500. The van der Waals surface area contributed by atoms with Crippen LogP contribution in [0.2, 0.25) is 0 Å². The Kier molecular flexibility index (Phi) is 7.98. The second-order valence-corrected chi connectivity index (χ2v) is 4.58. The van der Waals surface area contributed by atoms with Gasteiger partial charge in [0.2, 0.25) is 0 Å². The lowest BCUT2D eigenvalue weighted by Gasteiger charge is -2.28. The molecule has 3 N–H and O–H groups in total. The zero-order valence-electron chi connectivity index (χ0n) is 11.2. The summed E-state index contributed by atoms with van der Waals surface area (Å²) in [5, 5.41) is 28.8. The van der Waals surface area contributed by atoms with Gasteiger partial charge in [-0.25, -0.2) is 0 Å². The van der Waals surface area contributed by atoms with Gasteiger partial charge < -0.3 is 15.3 Å². The van der Waals surface area contributed by atoms with E-state index in [1.165, 1.54) is 0 Å². The largest absolute Gasteiger partial charge is 0.393 e. The summed E-state index contributed by atoms with van der Waals surface area (Å²) in [5.74, 6) is -1.28. The van der Waals surface area contributed by atoms with Crippen LogP contribution in [0, 0.1) is 0 Å². The van der Waals surface area contributed by atoms with Crippen LogP contribution in [0.3, 0.4) is 0 Å². The van der Waals surface area contributed by atoms with Crippen molar-refractivity contribution >= 4 is 11.6 Å². The molecule has 0 aromatic heterocycles.